The van der Waals surface area contributed by atoms with E-state index in [1.54, 1.807) is 7.11 Å². The van der Waals surface area contributed by atoms with E-state index in [9.17, 15) is 9.59 Å². The maximum absolute atomic E-state index is 11.6. The lowest BCUT2D eigenvalue weighted by Gasteiger charge is -2.06. The summed E-state index contributed by atoms with van der Waals surface area (Å²) in [5, 5.41) is 0. The summed E-state index contributed by atoms with van der Waals surface area (Å²) in [6.07, 6.45) is 2.20. The third-order valence-corrected chi connectivity index (χ3v) is 3.33. The topological polar surface area (TPSA) is 64.1 Å². The summed E-state index contributed by atoms with van der Waals surface area (Å²) in [4.78, 5) is 25.0. The van der Waals surface area contributed by atoms with Crippen molar-refractivity contribution in [2.24, 2.45) is 0 Å². The Morgan fingerprint density at radius 1 is 1.26 bits per heavy atom. The van der Waals surface area contributed by atoms with Crippen molar-refractivity contribution in [2.45, 2.75) is 13.0 Å². The van der Waals surface area contributed by atoms with Crippen molar-refractivity contribution in [3.63, 3.8) is 0 Å². The Hall–Kier alpha value is -1.82. The fourth-order valence-electron chi connectivity index (χ4n) is 1.69. The first-order chi connectivity index (χ1) is 9.10. The highest BCUT2D eigenvalue weighted by Gasteiger charge is 2.02. The second kappa shape index (κ2) is 5.88. The fraction of sp³-hybridized carbons (Fsp3) is 0.231. The monoisotopic (exact) mass is 324 g/mol. The number of halogens is 1. The van der Waals surface area contributed by atoms with Crippen LogP contribution in [0.5, 0.6) is 5.75 Å². The molecule has 0 bridgehead atoms. The van der Waals surface area contributed by atoms with Crippen LogP contribution in [0.25, 0.3) is 0 Å². The van der Waals surface area contributed by atoms with E-state index in [1.807, 2.05) is 24.3 Å². The summed E-state index contributed by atoms with van der Waals surface area (Å²) in [6.45, 7) is 0.501. The first kappa shape index (κ1) is 13.6. The van der Waals surface area contributed by atoms with Gasteiger partial charge in [0.25, 0.3) is 5.56 Å². The number of nitrogens with zero attached hydrogens (tertiary/aromatic N) is 1. The maximum atomic E-state index is 11.6. The molecule has 2 aromatic rings. The molecule has 0 saturated carbocycles. The van der Waals surface area contributed by atoms with Gasteiger partial charge in [-0.3, -0.25) is 14.3 Å². The molecule has 100 valence electrons. The minimum absolute atomic E-state index is 0.349. The van der Waals surface area contributed by atoms with Crippen molar-refractivity contribution in [1.29, 1.82) is 0 Å². The van der Waals surface area contributed by atoms with E-state index in [4.69, 9.17) is 4.74 Å². The SMILES string of the molecule is COc1ccc(CCn2cc(Br)c(=O)[nH]c2=O)cc1. The van der Waals surface area contributed by atoms with E-state index in [-0.39, 0.29) is 0 Å². The molecule has 0 atom stereocenters. The number of nitrogens with one attached hydrogen (secondary N) is 1. The lowest BCUT2D eigenvalue weighted by molar-refractivity contribution is 0.414. The molecule has 19 heavy (non-hydrogen) atoms. The molecule has 0 amide bonds. The average molecular weight is 325 g/mol. The van der Waals surface area contributed by atoms with E-state index < -0.39 is 11.2 Å². The van der Waals surface area contributed by atoms with Crippen molar-refractivity contribution in [3.05, 3.63) is 61.3 Å². The Morgan fingerprint density at radius 3 is 2.58 bits per heavy atom. The molecule has 0 aliphatic rings. The van der Waals surface area contributed by atoms with Crippen LogP contribution in [0, 0.1) is 0 Å². The molecule has 0 spiro atoms. The van der Waals surface area contributed by atoms with E-state index >= 15 is 0 Å². The number of benzene rings is 1. The van der Waals surface area contributed by atoms with Gasteiger partial charge in [0.05, 0.1) is 11.6 Å². The maximum Gasteiger partial charge on any atom is 0.328 e. The number of aromatic nitrogens is 2. The Balaban J connectivity index is 2.12. The van der Waals surface area contributed by atoms with Crippen molar-refractivity contribution < 1.29 is 4.74 Å². The van der Waals surface area contributed by atoms with Crippen LogP contribution in [-0.2, 0) is 13.0 Å². The normalized spacial score (nSPS) is 10.4. The fourth-order valence-corrected chi connectivity index (χ4v) is 2.04. The third-order valence-electron chi connectivity index (χ3n) is 2.77. The Labute approximate surface area is 118 Å². The molecule has 2 rings (SSSR count). The molecule has 0 radical (unpaired) electrons. The summed E-state index contributed by atoms with van der Waals surface area (Å²) in [5.74, 6) is 0.799. The molecule has 0 aliphatic carbocycles. The minimum Gasteiger partial charge on any atom is -0.497 e. The van der Waals surface area contributed by atoms with Crippen LogP contribution < -0.4 is 16.0 Å². The van der Waals surface area contributed by atoms with Crippen molar-refractivity contribution in [3.8, 4) is 5.75 Å². The van der Waals surface area contributed by atoms with Gasteiger partial charge in [-0.2, -0.15) is 0 Å². The number of H-pyrrole nitrogens is 1. The van der Waals surface area contributed by atoms with Gasteiger partial charge in [-0.05, 0) is 40.0 Å². The van der Waals surface area contributed by atoms with Gasteiger partial charge in [0.1, 0.15) is 5.75 Å². The molecular weight excluding hydrogens is 312 g/mol. The van der Waals surface area contributed by atoms with E-state index in [1.165, 1.54) is 10.8 Å². The van der Waals surface area contributed by atoms with Gasteiger partial charge >= 0.3 is 5.69 Å². The van der Waals surface area contributed by atoms with Crippen molar-refractivity contribution >= 4 is 15.9 Å². The number of ether oxygens (including phenoxy) is 1. The van der Waals surface area contributed by atoms with Gasteiger partial charge in [0.2, 0.25) is 0 Å². The van der Waals surface area contributed by atoms with Crippen LogP contribution in [0.4, 0.5) is 0 Å². The Kier molecular flexibility index (Phi) is 4.21. The first-order valence-corrected chi connectivity index (χ1v) is 6.51. The molecule has 1 heterocycles. The average Bonchev–Trinajstić information content (AvgIpc) is 2.42. The van der Waals surface area contributed by atoms with Crippen LogP contribution in [0.15, 0.2) is 44.5 Å². The van der Waals surface area contributed by atoms with Gasteiger partial charge in [-0.25, -0.2) is 4.79 Å². The predicted octanol–water partition coefficient (Wildman–Crippen LogP) is 1.55. The number of aromatic amines is 1. The quantitative estimate of drug-likeness (QED) is 0.928. The van der Waals surface area contributed by atoms with Gasteiger partial charge in [0.15, 0.2) is 0 Å². The molecule has 5 nitrogen and oxygen atoms in total. The van der Waals surface area contributed by atoms with E-state index in [0.29, 0.717) is 17.4 Å². The van der Waals surface area contributed by atoms with Gasteiger partial charge in [-0.1, -0.05) is 12.1 Å². The number of rotatable bonds is 4. The number of aryl methyl sites for hydroxylation is 2. The van der Waals surface area contributed by atoms with Gasteiger partial charge in [0, 0.05) is 12.7 Å². The molecule has 0 unspecified atom stereocenters. The zero-order valence-electron chi connectivity index (χ0n) is 10.4. The second-order valence-electron chi connectivity index (χ2n) is 4.03. The molecule has 1 N–H and O–H groups in total. The van der Waals surface area contributed by atoms with Crippen LogP contribution >= 0.6 is 15.9 Å². The highest BCUT2D eigenvalue weighted by Crippen LogP contribution is 2.12. The second-order valence-corrected chi connectivity index (χ2v) is 4.88. The standard InChI is InChI=1S/C13H13BrN2O3/c1-19-10-4-2-9(3-5-10)6-7-16-8-11(14)12(17)15-13(16)18/h2-5,8H,6-7H2,1H3,(H,15,17,18). The summed E-state index contributed by atoms with van der Waals surface area (Å²) < 4.78 is 6.90. The van der Waals surface area contributed by atoms with Crippen LogP contribution in [0.1, 0.15) is 5.56 Å². The first-order valence-electron chi connectivity index (χ1n) is 5.72. The van der Waals surface area contributed by atoms with Crippen molar-refractivity contribution in [2.75, 3.05) is 7.11 Å². The van der Waals surface area contributed by atoms with Gasteiger partial charge in [-0.15, -0.1) is 0 Å². The van der Waals surface area contributed by atoms with Crippen LogP contribution in [0.3, 0.4) is 0 Å². The molecule has 1 aromatic heterocycles. The number of hydrogen-bond acceptors (Lipinski definition) is 3. The summed E-state index contributed by atoms with van der Waals surface area (Å²) in [6, 6.07) is 7.65. The van der Waals surface area contributed by atoms with Crippen LogP contribution in [0.2, 0.25) is 0 Å². The van der Waals surface area contributed by atoms with E-state index in [0.717, 1.165) is 11.3 Å². The summed E-state index contributed by atoms with van der Waals surface area (Å²) in [7, 11) is 1.62. The lowest BCUT2D eigenvalue weighted by atomic mass is 10.1. The Bertz CT molecular complexity index is 674. The van der Waals surface area contributed by atoms with Gasteiger partial charge < -0.3 is 4.74 Å². The number of hydrogen-bond donors (Lipinski definition) is 1. The zero-order valence-corrected chi connectivity index (χ0v) is 11.9. The predicted molar refractivity (Wildman–Crippen MR) is 75.7 cm³/mol. The molecular formula is C13H13BrN2O3. The molecule has 0 saturated heterocycles. The Morgan fingerprint density at radius 2 is 1.95 bits per heavy atom. The minimum atomic E-state index is -0.411. The lowest BCUT2D eigenvalue weighted by Crippen LogP contribution is -2.30. The highest BCUT2D eigenvalue weighted by molar-refractivity contribution is 9.10. The summed E-state index contributed by atoms with van der Waals surface area (Å²) in [5.41, 5.74) is 0.280. The smallest absolute Gasteiger partial charge is 0.328 e. The van der Waals surface area contributed by atoms with E-state index in [2.05, 4.69) is 20.9 Å². The largest absolute Gasteiger partial charge is 0.497 e. The van der Waals surface area contributed by atoms with Crippen molar-refractivity contribution in [1.82, 2.24) is 9.55 Å². The number of methoxy groups -OCH3 is 1. The molecule has 0 aliphatic heterocycles. The summed E-state index contributed by atoms with van der Waals surface area (Å²) >= 11 is 3.11. The molecule has 6 heteroatoms. The highest BCUT2D eigenvalue weighted by atomic mass is 79.9. The van der Waals surface area contributed by atoms with Crippen LogP contribution in [-0.4, -0.2) is 16.7 Å². The third kappa shape index (κ3) is 3.35. The molecule has 1 aromatic carbocycles. The zero-order chi connectivity index (χ0) is 13.8. The molecule has 0 fully saturated rings.